The van der Waals surface area contributed by atoms with E-state index in [-0.39, 0.29) is 0 Å². The highest BCUT2D eigenvalue weighted by atomic mass is 32.9. The zero-order valence-electron chi connectivity index (χ0n) is 8.71. The van der Waals surface area contributed by atoms with Gasteiger partial charge < -0.3 is 13.8 Å². The summed E-state index contributed by atoms with van der Waals surface area (Å²) in [6, 6.07) is 0. The molecule has 0 radical (unpaired) electrons. The summed E-state index contributed by atoms with van der Waals surface area (Å²) < 4.78 is 15.3. The zero-order valence-corrected chi connectivity index (χ0v) is 12.0. The largest absolute Gasteiger partial charge is 0.475 e. The molecule has 0 unspecified atom stereocenters. The number of hydrazone groups is 1. The van der Waals surface area contributed by atoms with Gasteiger partial charge in [0.15, 0.2) is 0 Å². The lowest BCUT2D eigenvalue weighted by atomic mass is 11.1. The summed E-state index contributed by atoms with van der Waals surface area (Å²) in [5.41, 5.74) is -2.17. The average Bonchev–Trinajstić information content (AvgIpc) is 2.74. The van der Waals surface area contributed by atoms with Crippen LogP contribution >= 0.6 is 28.8 Å². The van der Waals surface area contributed by atoms with E-state index in [1.807, 2.05) is 5.01 Å². The summed E-state index contributed by atoms with van der Waals surface area (Å²) in [7, 11) is 4.75. The van der Waals surface area contributed by atoms with Crippen LogP contribution in [-0.2, 0) is 25.6 Å². The van der Waals surface area contributed by atoms with Gasteiger partial charge in [-0.1, -0.05) is 0 Å². The van der Waals surface area contributed by atoms with E-state index in [1.165, 1.54) is 11.4 Å². The van der Waals surface area contributed by atoms with Crippen molar-refractivity contribution in [2.24, 2.45) is 5.10 Å². The number of hydrogen-bond donors (Lipinski definition) is 0. The molecular weight excluding hydrogens is 275 g/mol. The Kier molecular flexibility index (Phi) is 5.73. The van der Waals surface area contributed by atoms with Crippen LogP contribution in [0.2, 0.25) is 0 Å². The molecule has 1 aliphatic heterocycles. The first kappa shape index (κ1) is 13.6. The number of hydrogen-bond acceptors (Lipinski definition) is 8. The molecule has 0 bridgehead atoms. The van der Waals surface area contributed by atoms with Crippen molar-refractivity contribution < 1.29 is 13.8 Å². The van der Waals surface area contributed by atoms with Crippen LogP contribution in [0.1, 0.15) is 0 Å². The highest BCUT2D eigenvalue weighted by Crippen LogP contribution is 2.59. The van der Waals surface area contributed by atoms with E-state index in [1.54, 1.807) is 33.1 Å². The summed E-state index contributed by atoms with van der Waals surface area (Å²) in [5, 5.41) is 6.76. The normalized spacial score (nSPS) is 16.7. The van der Waals surface area contributed by atoms with Crippen molar-refractivity contribution in [3.63, 3.8) is 0 Å². The maximum atomic E-state index is 5.21. The minimum atomic E-state index is -2.17. The second kappa shape index (κ2) is 6.32. The molecule has 88 valence electrons. The smallest absolute Gasteiger partial charge is 0.269 e. The van der Waals surface area contributed by atoms with Gasteiger partial charge in [-0.25, -0.2) is 0 Å². The average molecular weight is 288 g/mol. The Hall–Kier alpha value is 0.540. The molecule has 0 N–H and O–H groups in total. The molecule has 0 atom stereocenters. The molecule has 0 saturated carbocycles. The third-order valence-corrected chi connectivity index (χ3v) is 8.13. The molecule has 0 aliphatic carbocycles. The fraction of sp³-hybridized carbons (Fsp3) is 0.833. The predicted molar refractivity (Wildman–Crippen MR) is 69.5 cm³/mol. The van der Waals surface area contributed by atoms with Gasteiger partial charge in [-0.3, -0.25) is 5.01 Å². The predicted octanol–water partition coefficient (Wildman–Crippen LogP) is 2.12. The highest BCUT2D eigenvalue weighted by molar-refractivity contribution is 8.67. The van der Waals surface area contributed by atoms with Gasteiger partial charge in [0, 0.05) is 14.2 Å². The quantitative estimate of drug-likeness (QED) is 0.718. The molecule has 1 rings (SSSR count). The Bertz CT molecular complexity index is 281. The lowest BCUT2D eigenvalue weighted by Crippen LogP contribution is -2.11. The van der Waals surface area contributed by atoms with Crippen molar-refractivity contribution >= 4 is 45.9 Å². The van der Waals surface area contributed by atoms with E-state index in [4.69, 9.17) is 25.6 Å². The van der Waals surface area contributed by atoms with Gasteiger partial charge in [-0.2, -0.15) is 0 Å². The molecule has 0 saturated heterocycles. The molecule has 15 heavy (non-hydrogen) atoms. The molecule has 9 heteroatoms. The first-order valence-corrected chi connectivity index (χ1v) is 9.21. The van der Waals surface area contributed by atoms with E-state index in [2.05, 4.69) is 5.10 Å². The summed E-state index contributed by atoms with van der Waals surface area (Å²) in [6.45, 7) is 0. The van der Waals surface area contributed by atoms with E-state index in [0.29, 0.717) is 11.1 Å². The fourth-order valence-electron chi connectivity index (χ4n) is 0.786. The molecule has 0 aromatic carbocycles. The Balaban J connectivity index is 2.38. The van der Waals surface area contributed by atoms with Crippen LogP contribution in [0.3, 0.4) is 0 Å². The second-order valence-electron chi connectivity index (χ2n) is 2.42. The lowest BCUT2D eigenvalue weighted by Gasteiger charge is -2.19. The summed E-state index contributed by atoms with van der Waals surface area (Å²) >= 11 is 8.23. The fourth-order valence-corrected chi connectivity index (χ4v) is 4.27. The topological polar surface area (TPSA) is 43.3 Å². The van der Waals surface area contributed by atoms with Crippen molar-refractivity contribution in [3.05, 3.63) is 0 Å². The molecule has 1 heterocycles. The van der Waals surface area contributed by atoms with E-state index >= 15 is 0 Å². The van der Waals surface area contributed by atoms with Gasteiger partial charge in [-0.15, -0.1) is 5.10 Å². The first-order chi connectivity index (χ1) is 7.13. The Morgan fingerprint density at radius 1 is 1.53 bits per heavy atom. The number of thioether (sulfide) groups is 1. The number of nitrogens with zero attached hydrogens (tertiary/aromatic N) is 2. The van der Waals surface area contributed by atoms with Crippen LogP contribution in [-0.4, -0.2) is 43.3 Å². The Labute approximate surface area is 103 Å². The Morgan fingerprint density at radius 2 is 2.20 bits per heavy atom. The number of ether oxygens (including phenoxy) is 1. The molecule has 0 spiro atoms. The molecule has 0 aromatic heterocycles. The highest BCUT2D eigenvalue weighted by Gasteiger charge is 2.21. The summed E-state index contributed by atoms with van der Waals surface area (Å²) in [6.07, 6.45) is 0. The number of methoxy groups -OCH3 is 1. The summed E-state index contributed by atoms with van der Waals surface area (Å²) in [5.74, 6) is 1.43. The number of rotatable bonds is 5. The molecule has 0 aromatic rings. The lowest BCUT2D eigenvalue weighted by molar-refractivity contribution is 0.351. The summed E-state index contributed by atoms with van der Waals surface area (Å²) in [4.78, 5) is 0. The monoisotopic (exact) mass is 288 g/mol. The van der Waals surface area contributed by atoms with E-state index in [0.717, 1.165) is 5.88 Å². The first-order valence-electron chi connectivity index (χ1n) is 4.00. The SMILES string of the molecule is COC1=NN(CSP(=S)(OC)OC)CS1. The van der Waals surface area contributed by atoms with Crippen LogP contribution in [0, 0.1) is 0 Å². The van der Waals surface area contributed by atoms with Crippen molar-refractivity contribution in [1.29, 1.82) is 0 Å². The molecule has 0 amide bonds. The van der Waals surface area contributed by atoms with Crippen LogP contribution < -0.4 is 0 Å². The minimum Gasteiger partial charge on any atom is -0.475 e. The second-order valence-corrected chi connectivity index (χ2v) is 9.81. The molecular formula is C6H13N2O3PS3. The van der Waals surface area contributed by atoms with Gasteiger partial charge in [0.2, 0.25) is 5.69 Å². The van der Waals surface area contributed by atoms with Crippen molar-refractivity contribution in [2.45, 2.75) is 0 Å². The van der Waals surface area contributed by atoms with Crippen LogP contribution in [0.5, 0.6) is 0 Å². The standard InChI is InChI=1S/C6H13N2O3PS3/c1-9-6-7-8(4-14-6)5-15-12(13,10-2)11-3/h4-5H2,1-3H3. The van der Waals surface area contributed by atoms with Gasteiger partial charge in [-0.05, 0) is 35.0 Å². The van der Waals surface area contributed by atoms with Crippen molar-refractivity contribution in [1.82, 2.24) is 5.01 Å². The van der Waals surface area contributed by atoms with Crippen LogP contribution in [0.15, 0.2) is 5.10 Å². The maximum Gasteiger partial charge on any atom is 0.269 e. The third-order valence-electron chi connectivity index (χ3n) is 1.55. The van der Waals surface area contributed by atoms with E-state index in [9.17, 15) is 0 Å². The van der Waals surface area contributed by atoms with Gasteiger partial charge >= 0.3 is 0 Å². The van der Waals surface area contributed by atoms with Gasteiger partial charge in [0.25, 0.3) is 5.23 Å². The van der Waals surface area contributed by atoms with Crippen LogP contribution in [0.4, 0.5) is 0 Å². The zero-order chi connectivity index (χ0) is 11.3. The van der Waals surface area contributed by atoms with Gasteiger partial charge in [0.05, 0.1) is 18.9 Å². The third kappa shape index (κ3) is 4.13. The Morgan fingerprint density at radius 3 is 2.67 bits per heavy atom. The van der Waals surface area contributed by atoms with Crippen molar-refractivity contribution in [3.8, 4) is 0 Å². The van der Waals surface area contributed by atoms with Gasteiger partial charge in [0.1, 0.15) is 0 Å². The minimum absolute atomic E-state index is 0.652. The van der Waals surface area contributed by atoms with Crippen LogP contribution in [0.25, 0.3) is 0 Å². The molecule has 0 fully saturated rings. The molecule has 1 aliphatic rings. The van der Waals surface area contributed by atoms with Crippen molar-refractivity contribution in [2.75, 3.05) is 33.1 Å². The van der Waals surface area contributed by atoms with E-state index < -0.39 is 5.69 Å². The molecule has 5 nitrogen and oxygen atoms in total. The maximum absolute atomic E-state index is 5.21.